The van der Waals surface area contributed by atoms with Gasteiger partial charge in [0.15, 0.2) is 5.82 Å². The van der Waals surface area contributed by atoms with Gasteiger partial charge in [0.05, 0.1) is 5.69 Å². The van der Waals surface area contributed by atoms with Crippen LogP contribution in [0.2, 0.25) is 0 Å². The molecule has 5 heteroatoms. The number of halogens is 1. The number of hydrogen-bond acceptors (Lipinski definition) is 4. The average Bonchev–Trinajstić information content (AvgIpc) is 2.87. The molecule has 1 aliphatic heterocycles. The third-order valence-corrected chi connectivity index (χ3v) is 3.87. The van der Waals surface area contributed by atoms with Crippen LogP contribution in [0.1, 0.15) is 6.42 Å². The minimum absolute atomic E-state index is 0.257. The Morgan fingerprint density at radius 1 is 1.11 bits per heavy atom. The van der Waals surface area contributed by atoms with Crippen LogP contribution >= 0.6 is 15.9 Å². The van der Waals surface area contributed by atoms with E-state index in [4.69, 9.17) is 5.73 Å². The third-order valence-electron chi connectivity index (χ3n) is 3.34. The van der Waals surface area contributed by atoms with Crippen LogP contribution in [-0.2, 0) is 0 Å². The summed E-state index contributed by atoms with van der Waals surface area (Å²) in [5.74, 6) is 0.911. The van der Waals surface area contributed by atoms with E-state index in [1.165, 1.54) is 0 Å². The van der Waals surface area contributed by atoms with Crippen LogP contribution in [0.5, 0.6) is 0 Å². The van der Waals surface area contributed by atoms with E-state index in [0.29, 0.717) is 0 Å². The molecule has 2 heterocycles. The lowest BCUT2D eigenvalue weighted by molar-refractivity contribution is 0.750. The van der Waals surface area contributed by atoms with E-state index in [-0.39, 0.29) is 6.04 Å². The quantitative estimate of drug-likeness (QED) is 0.924. The summed E-state index contributed by atoms with van der Waals surface area (Å²) in [4.78, 5) is 2.18. The lowest BCUT2D eigenvalue weighted by atomic mass is 10.1. The van der Waals surface area contributed by atoms with E-state index in [0.717, 1.165) is 41.1 Å². The van der Waals surface area contributed by atoms with Crippen LogP contribution in [0.15, 0.2) is 40.9 Å². The van der Waals surface area contributed by atoms with Crippen LogP contribution in [0.25, 0.3) is 11.3 Å². The van der Waals surface area contributed by atoms with Crippen molar-refractivity contribution >= 4 is 21.7 Å². The Bertz CT molecular complexity index is 553. The summed E-state index contributed by atoms with van der Waals surface area (Å²) in [6.07, 6.45) is 1.02. The Hall–Kier alpha value is -1.46. The van der Waals surface area contributed by atoms with E-state index >= 15 is 0 Å². The molecule has 0 bridgehead atoms. The predicted octanol–water partition coefficient (Wildman–Crippen LogP) is 2.44. The van der Waals surface area contributed by atoms with Crippen molar-refractivity contribution in [1.29, 1.82) is 0 Å². The monoisotopic (exact) mass is 318 g/mol. The molecule has 0 aliphatic carbocycles. The molecule has 1 fully saturated rings. The van der Waals surface area contributed by atoms with Gasteiger partial charge in [-0.1, -0.05) is 28.1 Å². The van der Waals surface area contributed by atoms with Crippen molar-refractivity contribution < 1.29 is 0 Å². The summed E-state index contributed by atoms with van der Waals surface area (Å²) in [5.41, 5.74) is 7.86. The molecule has 19 heavy (non-hydrogen) atoms. The van der Waals surface area contributed by atoms with E-state index in [1.807, 2.05) is 36.4 Å². The maximum absolute atomic E-state index is 5.90. The zero-order valence-electron chi connectivity index (χ0n) is 10.5. The third kappa shape index (κ3) is 2.77. The number of hydrogen-bond donors (Lipinski definition) is 1. The fourth-order valence-corrected chi connectivity index (χ4v) is 2.53. The Labute approximate surface area is 120 Å². The zero-order chi connectivity index (χ0) is 13.2. The Morgan fingerprint density at radius 3 is 2.47 bits per heavy atom. The molecule has 0 radical (unpaired) electrons. The van der Waals surface area contributed by atoms with Crippen molar-refractivity contribution in [3.63, 3.8) is 0 Å². The summed E-state index contributed by atoms with van der Waals surface area (Å²) in [6.45, 7) is 1.83. The maximum Gasteiger partial charge on any atom is 0.151 e. The minimum atomic E-state index is 0.257. The number of rotatable bonds is 2. The fourth-order valence-electron chi connectivity index (χ4n) is 2.26. The van der Waals surface area contributed by atoms with Crippen molar-refractivity contribution in [3.05, 3.63) is 40.9 Å². The van der Waals surface area contributed by atoms with E-state index in [9.17, 15) is 0 Å². The molecule has 1 saturated heterocycles. The van der Waals surface area contributed by atoms with Gasteiger partial charge in [0, 0.05) is 29.2 Å². The van der Waals surface area contributed by atoms with E-state index in [2.05, 4.69) is 31.0 Å². The number of nitrogens with two attached hydrogens (primary N) is 1. The van der Waals surface area contributed by atoms with Gasteiger partial charge in [0.25, 0.3) is 0 Å². The van der Waals surface area contributed by atoms with Gasteiger partial charge in [-0.25, -0.2) is 0 Å². The number of benzene rings is 1. The Kier molecular flexibility index (Phi) is 3.48. The molecular formula is C14H15BrN4. The number of aromatic nitrogens is 2. The molecule has 1 aromatic carbocycles. The van der Waals surface area contributed by atoms with Gasteiger partial charge in [-0.3, -0.25) is 0 Å². The van der Waals surface area contributed by atoms with E-state index in [1.54, 1.807) is 0 Å². The standard InChI is InChI=1S/C14H15BrN4/c15-11-3-1-10(2-4-11)13-5-6-14(18-17-13)19-8-7-12(16)9-19/h1-6,12H,7-9,16H2. The Balaban J connectivity index is 1.80. The van der Waals surface area contributed by atoms with Gasteiger partial charge in [-0.2, -0.15) is 0 Å². The van der Waals surface area contributed by atoms with Crippen LogP contribution < -0.4 is 10.6 Å². The largest absolute Gasteiger partial charge is 0.354 e. The number of nitrogens with zero attached hydrogens (tertiary/aromatic N) is 3. The predicted molar refractivity (Wildman–Crippen MR) is 80.0 cm³/mol. The van der Waals surface area contributed by atoms with Gasteiger partial charge in [-0.05, 0) is 30.7 Å². The fraction of sp³-hybridized carbons (Fsp3) is 0.286. The second kappa shape index (κ2) is 5.27. The summed E-state index contributed by atoms with van der Waals surface area (Å²) in [7, 11) is 0. The Morgan fingerprint density at radius 2 is 1.89 bits per heavy atom. The molecular weight excluding hydrogens is 304 g/mol. The first kappa shape index (κ1) is 12.6. The summed E-state index contributed by atoms with van der Waals surface area (Å²) >= 11 is 3.43. The molecule has 3 rings (SSSR count). The summed E-state index contributed by atoms with van der Waals surface area (Å²) in [5, 5.41) is 8.60. The van der Waals surface area contributed by atoms with Crippen molar-refractivity contribution in [3.8, 4) is 11.3 Å². The molecule has 2 aromatic rings. The highest BCUT2D eigenvalue weighted by Crippen LogP contribution is 2.22. The molecule has 0 spiro atoms. The molecule has 1 unspecified atom stereocenters. The molecule has 1 aliphatic rings. The molecule has 1 aromatic heterocycles. The summed E-state index contributed by atoms with van der Waals surface area (Å²) < 4.78 is 1.06. The topological polar surface area (TPSA) is 55.0 Å². The van der Waals surface area contributed by atoms with Gasteiger partial charge < -0.3 is 10.6 Å². The van der Waals surface area contributed by atoms with Crippen molar-refractivity contribution in [2.75, 3.05) is 18.0 Å². The maximum atomic E-state index is 5.90. The van der Waals surface area contributed by atoms with Crippen LogP contribution in [-0.4, -0.2) is 29.3 Å². The first-order chi connectivity index (χ1) is 9.22. The van der Waals surface area contributed by atoms with Gasteiger partial charge >= 0.3 is 0 Å². The van der Waals surface area contributed by atoms with Crippen LogP contribution in [0.4, 0.5) is 5.82 Å². The average molecular weight is 319 g/mol. The number of anilines is 1. The highest BCUT2D eigenvalue weighted by Gasteiger charge is 2.20. The first-order valence-electron chi connectivity index (χ1n) is 6.32. The van der Waals surface area contributed by atoms with E-state index < -0.39 is 0 Å². The molecule has 2 N–H and O–H groups in total. The highest BCUT2D eigenvalue weighted by atomic mass is 79.9. The van der Waals surface area contributed by atoms with Crippen molar-refractivity contribution in [1.82, 2.24) is 10.2 Å². The van der Waals surface area contributed by atoms with Gasteiger partial charge in [-0.15, -0.1) is 10.2 Å². The molecule has 0 amide bonds. The molecule has 0 saturated carbocycles. The normalized spacial score (nSPS) is 18.8. The van der Waals surface area contributed by atoms with Crippen LogP contribution in [0.3, 0.4) is 0 Å². The van der Waals surface area contributed by atoms with Gasteiger partial charge in [0.1, 0.15) is 0 Å². The first-order valence-corrected chi connectivity index (χ1v) is 7.12. The second-order valence-electron chi connectivity index (χ2n) is 4.78. The SMILES string of the molecule is NC1CCN(c2ccc(-c3ccc(Br)cc3)nn2)C1. The van der Waals surface area contributed by atoms with Crippen LogP contribution in [0, 0.1) is 0 Å². The smallest absolute Gasteiger partial charge is 0.151 e. The van der Waals surface area contributed by atoms with Crippen molar-refractivity contribution in [2.45, 2.75) is 12.5 Å². The lowest BCUT2D eigenvalue weighted by Gasteiger charge is -2.15. The molecule has 98 valence electrons. The minimum Gasteiger partial charge on any atom is -0.354 e. The summed E-state index contributed by atoms with van der Waals surface area (Å²) in [6, 6.07) is 12.3. The highest BCUT2D eigenvalue weighted by molar-refractivity contribution is 9.10. The lowest BCUT2D eigenvalue weighted by Crippen LogP contribution is -2.27. The molecule has 4 nitrogen and oxygen atoms in total. The molecule has 1 atom stereocenters. The van der Waals surface area contributed by atoms with Gasteiger partial charge in [0.2, 0.25) is 0 Å². The second-order valence-corrected chi connectivity index (χ2v) is 5.69. The zero-order valence-corrected chi connectivity index (χ0v) is 12.0. The van der Waals surface area contributed by atoms with Crippen molar-refractivity contribution in [2.24, 2.45) is 5.73 Å².